The number of aliphatic hydroxyl groups excluding tert-OH is 2. The van der Waals surface area contributed by atoms with Gasteiger partial charge in [-0.2, -0.15) is 0 Å². The van der Waals surface area contributed by atoms with Gasteiger partial charge in [0.25, 0.3) is 0 Å². The number of Topliss-reactive ketones (excluding diaryl/α,β-unsaturated/α-hetero) is 1. The number of rotatable bonds is 4. The van der Waals surface area contributed by atoms with Crippen LogP contribution in [0, 0.1) is 34.0 Å². The molecule has 0 bridgehead atoms. The van der Waals surface area contributed by atoms with Crippen molar-refractivity contribution in [2.24, 2.45) is 34.0 Å². The van der Waals surface area contributed by atoms with Crippen LogP contribution in [0.4, 0.5) is 0 Å². The first-order chi connectivity index (χ1) is 15.8. The number of ether oxygens (including phenoxy) is 2. The van der Waals surface area contributed by atoms with E-state index >= 15 is 0 Å². The molecule has 2 aliphatic heterocycles. The number of fused-ring (bicyclic) bond motifs is 5. The Morgan fingerprint density at radius 1 is 1.06 bits per heavy atom. The molecule has 0 aromatic rings. The highest BCUT2D eigenvalue weighted by molar-refractivity contribution is 5.86. The summed E-state index contributed by atoms with van der Waals surface area (Å²) >= 11 is 0. The third kappa shape index (κ3) is 3.46. The Hall–Kier alpha value is -1.24. The fourth-order valence-electron chi connectivity index (χ4n) is 9.67. The molecule has 5 aliphatic rings. The normalized spacial score (nSPS) is 48.3. The van der Waals surface area contributed by atoms with Crippen molar-refractivity contribution in [2.75, 3.05) is 0 Å². The molecule has 6 nitrogen and oxygen atoms in total. The largest absolute Gasteiger partial charge is 0.429 e. The van der Waals surface area contributed by atoms with Crippen molar-refractivity contribution in [3.05, 3.63) is 11.6 Å². The summed E-state index contributed by atoms with van der Waals surface area (Å²) in [4.78, 5) is 24.7. The summed E-state index contributed by atoms with van der Waals surface area (Å²) in [6.45, 7) is 11.4. The summed E-state index contributed by atoms with van der Waals surface area (Å²) in [5, 5.41) is 20.4. The highest BCUT2D eigenvalue weighted by atomic mass is 16.6. The number of ketones is 1. The van der Waals surface area contributed by atoms with Crippen molar-refractivity contribution < 1.29 is 29.3 Å². The van der Waals surface area contributed by atoms with Gasteiger partial charge in [-0.25, -0.2) is 4.79 Å². The van der Waals surface area contributed by atoms with Gasteiger partial charge in [-0.15, -0.1) is 0 Å². The highest BCUT2D eigenvalue weighted by Gasteiger charge is 2.68. The van der Waals surface area contributed by atoms with E-state index in [4.69, 9.17) is 9.47 Å². The van der Waals surface area contributed by atoms with E-state index in [9.17, 15) is 19.8 Å². The SMILES string of the molecule is CC(O)C(=O)CC12CCC3C4(C)CCCC(C)(C)C4CCC3(C)C1CC(C1=CC(=O)OC1O)O2. The molecule has 3 saturated carbocycles. The van der Waals surface area contributed by atoms with E-state index in [1.807, 2.05) is 0 Å². The van der Waals surface area contributed by atoms with E-state index in [-0.39, 0.29) is 29.0 Å². The van der Waals surface area contributed by atoms with Gasteiger partial charge >= 0.3 is 5.97 Å². The summed E-state index contributed by atoms with van der Waals surface area (Å²) < 4.78 is 11.7. The number of carbonyl (C=O) groups is 2. The van der Waals surface area contributed by atoms with Crippen molar-refractivity contribution in [2.45, 2.75) is 117 Å². The second kappa shape index (κ2) is 7.88. The van der Waals surface area contributed by atoms with Crippen LogP contribution in [0.1, 0.15) is 92.4 Å². The number of esters is 1. The van der Waals surface area contributed by atoms with Crippen LogP contribution in [0.25, 0.3) is 0 Å². The zero-order valence-corrected chi connectivity index (χ0v) is 21.4. The van der Waals surface area contributed by atoms with Crippen molar-refractivity contribution in [3.8, 4) is 0 Å². The van der Waals surface area contributed by atoms with Crippen molar-refractivity contribution in [1.82, 2.24) is 0 Å². The van der Waals surface area contributed by atoms with E-state index in [0.29, 0.717) is 29.2 Å². The zero-order valence-electron chi connectivity index (χ0n) is 21.4. The number of cyclic esters (lactones) is 1. The quantitative estimate of drug-likeness (QED) is 0.590. The highest BCUT2D eigenvalue weighted by Crippen LogP contribution is 2.72. The van der Waals surface area contributed by atoms with Crippen molar-refractivity contribution in [1.29, 1.82) is 0 Å². The summed E-state index contributed by atoms with van der Waals surface area (Å²) in [6.07, 6.45) is 7.32. The maximum atomic E-state index is 12.9. The van der Waals surface area contributed by atoms with Gasteiger partial charge in [0.1, 0.15) is 6.10 Å². The van der Waals surface area contributed by atoms with Gasteiger partial charge in [-0.05, 0) is 85.9 Å². The van der Waals surface area contributed by atoms with Gasteiger partial charge in [0.15, 0.2) is 5.78 Å². The first kappa shape index (κ1) is 24.5. The molecule has 0 radical (unpaired) electrons. The molecule has 9 atom stereocenters. The molecule has 4 fully saturated rings. The van der Waals surface area contributed by atoms with Crippen LogP contribution in [0.2, 0.25) is 0 Å². The Balaban J connectivity index is 1.53. The molecule has 2 heterocycles. The second-order valence-corrected chi connectivity index (χ2v) is 13.2. The molecular weight excluding hydrogens is 432 g/mol. The van der Waals surface area contributed by atoms with Crippen LogP contribution in [0.5, 0.6) is 0 Å². The van der Waals surface area contributed by atoms with E-state index in [2.05, 4.69) is 27.7 Å². The fraction of sp³-hybridized carbons (Fsp3) is 0.857. The lowest BCUT2D eigenvalue weighted by Gasteiger charge is -2.67. The summed E-state index contributed by atoms with van der Waals surface area (Å²) in [5.41, 5.74) is 0.403. The van der Waals surface area contributed by atoms with Crippen LogP contribution < -0.4 is 0 Å². The molecule has 0 aromatic heterocycles. The molecule has 1 saturated heterocycles. The van der Waals surface area contributed by atoms with Gasteiger partial charge in [-0.1, -0.05) is 34.1 Å². The number of aliphatic hydroxyl groups is 2. The predicted molar refractivity (Wildman–Crippen MR) is 126 cm³/mol. The Morgan fingerprint density at radius 2 is 1.74 bits per heavy atom. The molecule has 190 valence electrons. The molecule has 0 amide bonds. The lowest BCUT2D eigenvalue weighted by Crippen LogP contribution is -2.62. The number of hydrogen-bond donors (Lipinski definition) is 2. The van der Waals surface area contributed by atoms with Crippen molar-refractivity contribution in [3.63, 3.8) is 0 Å². The fourth-order valence-corrected chi connectivity index (χ4v) is 9.67. The van der Waals surface area contributed by atoms with Gasteiger partial charge in [0.2, 0.25) is 6.29 Å². The molecule has 34 heavy (non-hydrogen) atoms. The molecule has 0 spiro atoms. The van der Waals surface area contributed by atoms with E-state index in [1.165, 1.54) is 38.7 Å². The summed E-state index contributed by atoms with van der Waals surface area (Å²) in [6, 6.07) is 0. The smallest absolute Gasteiger partial charge is 0.333 e. The van der Waals surface area contributed by atoms with Crippen molar-refractivity contribution >= 4 is 11.8 Å². The average Bonchev–Trinajstić information content (AvgIpc) is 3.27. The first-order valence-electron chi connectivity index (χ1n) is 13.3. The van der Waals surface area contributed by atoms with Gasteiger partial charge < -0.3 is 19.7 Å². The minimum atomic E-state index is -1.28. The molecule has 6 heteroatoms. The minimum absolute atomic E-state index is 0.000370. The maximum Gasteiger partial charge on any atom is 0.333 e. The first-order valence-corrected chi connectivity index (χ1v) is 13.3. The van der Waals surface area contributed by atoms with E-state index < -0.39 is 30.1 Å². The minimum Gasteiger partial charge on any atom is -0.429 e. The monoisotopic (exact) mass is 474 g/mol. The molecule has 0 aromatic carbocycles. The molecule has 2 N–H and O–H groups in total. The molecule has 3 aliphatic carbocycles. The third-order valence-electron chi connectivity index (χ3n) is 11.1. The van der Waals surface area contributed by atoms with Crippen LogP contribution in [0.15, 0.2) is 11.6 Å². The average molecular weight is 475 g/mol. The van der Waals surface area contributed by atoms with Crippen LogP contribution in [-0.4, -0.2) is 46.1 Å². The Morgan fingerprint density at radius 3 is 2.38 bits per heavy atom. The molecule has 5 rings (SSSR count). The summed E-state index contributed by atoms with van der Waals surface area (Å²) in [5.74, 6) is 0.622. The predicted octanol–water partition coefficient (Wildman–Crippen LogP) is 4.31. The lowest BCUT2D eigenvalue weighted by molar-refractivity contribution is -0.206. The zero-order chi connectivity index (χ0) is 24.7. The Bertz CT molecular complexity index is 907. The topological polar surface area (TPSA) is 93.1 Å². The Labute approximate surface area is 203 Å². The van der Waals surface area contributed by atoms with Crippen LogP contribution in [-0.2, 0) is 19.1 Å². The molecule has 9 unspecified atom stereocenters. The summed E-state index contributed by atoms with van der Waals surface area (Å²) in [7, 11) is 0. The van der Waals surface area contributed by atoms with E-state index in [0.717, 1.165) is 19.3 Å². The third-order valence-corrected chi connectivity index (χ3v) is 11.1. The van der Waals surface area contributed by atoms with E-state index in [1.54, 1.807) is 0 Å². The van der Waals surface area contributed by atoms with Gasteiger partial charge in [-0.3, -0.25) is 4.79 Å². The van der Waals surface area contributed by atoms with Gasteiger partial charge in [0.05, 0.1) is 11.7 Å². The number of carbonyl (C=O) groups excluding carboxylic acids is 2. The van der Waals surface area contributed by atoms with Crippen LogP contribution >= 0.6 is 0 Å². The second-order valence-electron chi connectivity index (χ2n) is 13.2. The van der Waals surface area contributed by atoms with Crippen LogP contribution in [0.3, 0.4) is 0 Å². The standard InChI is InChI=1S/C28H42O6/c1-16(29)18(30)15-28-12-8-21-26(4)10-6-9-25(2,3)20(26)7-11-27(21,5)22(28)14-19(34-28)17-13-23(31)33-24(17)32/h13,16,19-22,24,29,32H,6-12,14-15H2,1-5H3. The number of hydrogen-bond acceptors (Lipinski definition) is 6. The lowest BCUT2D eigenvalue weighted by atomic mass is 9.38. The molecular formula is C28H42O6. The van der Waals surface area contributed by atoms with Gasteiger partial charge in [0, 0.05) is 18.1 Å². The maximum absolute atomic E-state index is 12.9. The Kier molecular flexibility index (Phi) is 5.67.